The summed E-state index contributed by atoms with van der Waals surface area (Å²) in [5, 5.41) is 3.46. The van der Waals surface area contributed by atoms with Crippen molar-refractivity contribution in [2.45, 2.75) is 12.8 Å². The molecule has 2 nitrogen and oxygen atoms in total. The molecule has 100 valence electrons. The molecule has 0 amide bonds. The Hall–Kier alpha value is -2.48. The van der Waals surface area contributed by atoms with E-state index >= 15 is 0 Å². The highest BCUT2D eigenvalue weighted by atomic mass is 14.9. The van der Waals surface area contributed by atoms with Crippen LogP contribution in [0.25, 0.3) is 11.1 Å². The number of allylic oxidation sites excluding steroid dienone is 4. The van der Waals surface area contributed by atoms with Gasteiger partial charge in [0.15, 0.2) is 0 Å². The third kappa shape index (κ3) is 2.91. The van der Waals surface area contributed by atoms with E-state index in [0.717, 1.165) is 24.2 Å². The smallest absolute Gasteiger partial charge is 0.0382 e. The molecular weight excluding hydrogens is 244 g/mol. The molecule has 0 atom stereocenters. The second-order valence-corrected chi connectivity index (χ2v) is 4.98. The molecule has 0 radical (unpaired) electrons. The van der Waals surface area contributed by atoms with Gasteiger partial charge in [-0.1, -0.05) is 36.4 Å². The number of rotatable bonds is 3. The molecule has 20 heavy (non-hydrogen) atoms. The normalized spacial score (nSPS) is 13.9. The van der Waals surface area contributed by atoms with Crippen molar-refractivity contribution >= 4 is 11.4 Å². The van der Waals surface area contributed by atoms with Crippen molar-refractivity contribution < 1.29 is 0 Å². The van der Waals surface area contributed by atoms with E-state index in [1.54, 1.807) is 0 Å². The summed E-state index contributed by atoms with van der Waals surface area (Å²) < 4.78 is 0. The number of nitrogen functional groups attached to an aromatic ring is 1. The third-order valence-electron chi connectivity index (χ3n) is 3.45. The molecule has 0 spiro atoms. The molecule has 0 aromatic heterocycles. The maximum Gasteiger partial charge on any atom is 0.0382 e. The van der Waals surface area contributed by atoms with Crippen LogP contribution in [0.4, 0.5) is 11.4 Å². The lowest BCUT2D eigenvalue weighted by Crippen LogP contribution is -2.00. The zero-order valence-corrected chi connectivity index (χ0v) is 11.3. The summed E-state index contributed by atoms with van der Waals surface area (Å²) in [7, 11) is 0. The first-order valence-electron chi connectivity index (χ1n) is 6.90. The highest BCUT2D eigenvalue weighted by Gasteiger charge is 2.01. The van der Waals surface area contributed by atoms with Crippen LogP contribution < -0.4 is 11.1 Å². The van der Waals surface area contributed by atoms with Crippen LogP contribution in [0.5, 0.6) is 0 Å². The van der Waals surface area contributed by atoms with Crippen molar-refractivity contribution in [3.63, 3.8) is 0 Å². The number of nitrogens with one attached hydrogen (secondary N) is 1. The molecule has 3 rings (SSSR count). The molecular formula is C18H18N2. The average molecular weight is 262 g/mol. The maximum absolute atomic E-state index is 5.71. The van der Waals surface area contributed by atoms with Crippen LogP contribution in [-0.4, -0.2) is 0 Å². The summed E-state index contributed by atoms with van der Waals surface area (Å²) in [6, 6.07) is 16.5. The summed E-state index contributed by atoms with van der Waals surface area (Å²) in [6.45, 7) is 0. The predicted molar refractivity (Wildman–Crippen MR) is 86.4 cm³/mol. The number of hydrogen-bond acceptors (Lipinski definition) is 2. The van der Waals surface area contributed by atoms with Crippen LogP contribution >= 0.6 is 0 Å². The van der Waals surface area contributed by atoms with Gasteiger partial charge in [0.1, 0.15) is 0 Å². The topological polar surface area (TPSA) is 38.0 Å². The molecule has 0 saturated carbocycles. The van der Waals surface area contributed by atoms with Crippen molar-refractivity contribution in [3.8, 4) is 11.1 Å². The lowest BCUT2D eigenvalue weighted by Gasteiger charge is -2.12. The number of benzene rings is 2. The van der Waals surface area contributed by atoms with Crippen molar-refractivity contribution in [2.75, 3.05) is 11.1 Å². The average Bonchev–Trinajstić information content (AvgIpc) is 2.50. The van der Waals surface area contributed by atoms with Crippen LogP contribution in [-0.2, 0) is 0 Å². The zero-order chi connectivity index (χ0) is 13.8. The largest absolute Gasteiger partial charge is 0.399 e. The van der Waals surface area contributed by atoms with Gasteiger partial charge in [0.2, 0.25) is 0 Å². The van der Waals surface area contributed by atoms with Gasteiger partial charge in [0, 0.05) is 17.1 Å². The Labute approximate surface area is 119 Å². The van der Waals surface area contributed by atoms with Gasteiger partial charge in [-0.05, 0) is 54.3 Å². The molecule has 0 bridgehead atoms. The molecule has 2 aromatic carbocycles. The van der Waals surface area contributed by atoms with E-state index in [2.05, 4.69) is 47.8 Å². The Balaban J connectivity index is 1.75. The summed E-state index contributed by atoms with van der Waals surface area (Å²) >= 11 is 0. The van der Waals surface area contributed by atoms with Crippen LogP contribution in [0.15, 0.2) is 72.5 Å². The third-order valence-corrected chi connectivity index (χ3v) is 3.45. The van der Waals surface area contributed by atoms with Gasteiger partial charge in [-0.3, -0.25) is 0 Å². The van der Waals surface area contributed by atoms with Gasteiger partial charge in [-0.25, -0.2) is 0 Å². The first kappa shape index (κ1) is 12.5. The number of anilines is 2. The van der Waals surface area contributed by atoms with Crippen molar-refractivity contribution in [1.29, 1.82) is 0 Å². The fraction of sp³-hybridized carbons (Fsp3) is 0.111. The van der Waals surface area contributed by atoms with Crippen LogP contribution in [0.3, 0.4) is 0 Å². The molecule has 2 heteroatoms. The lowest BCUT2D eigenvalue weighted by atomic mass is 10.0. The predicted octanol–water partition coefficient (Wildman–Crippen LogP) is 4.58. The standard InChI is InChI=1S/C18H18N2/c19-16-10-6-14(7-11-16)15-8-12-18(13-9-15)20-17-4-2-1-3-5-17/h1-2,4,6-13,20H,3,5,19H2. The highest BCUT2D eigenvalue weighted by Crippen LogP contribution is 2.23. The van der Waals surface area contributed by atoms with E-state index in [0.29, 0.717) is 0 Å². The maximum atomic E-state index is 5.71. The zero-order valence-electron chi connectivity index (χ0n) is 11.3. The minimum atomic E-state index is 0.796. The Morgan fingerprint density at radius 1 is 0.850 bits per heavy atom. The molecule has 0 saturated heterocycles. The van der Waals surface area contributed by atoms with E-state index in [4.69, 9.17) is 5.73 Å². The number of hydrogen-bond donors (Lipinski definition) is 2. The second kappa shape index (κ2) is 5.66. The molecule has 1 aliphatic carbocycles. The van der Waals surface area contributed by atoms with E-state index in [-0.39, 0.29) is 0 Å². The van der Waals surface area contributed by atoms with Gasteiger partial charge in [-0.15, -0.1) is 0 Å². The van der Waals surface area contributed by atoms with Gasteiger partial charge >= 0.3 is 0 Å². The van der Waals surface area contributed by atoms with Crippen molar-refractivity contribution in [1.82, 2.24) is 0 Å². The minimum absolute atomic E-state index is 0.796. The quantitative estimate of drug-likeness (QED) is 0.794. The van der Waals surface area contributed by atoms with E-state index in [9.17, 15) is 0 Å². The fourth-order valence-corrected chi connectivity index (χ4v) is 2.31. The molecule has 3 N–H and O–H groups in total. The highest BCUT2D eigenvalue weighted by molar-refractivity contribution is 5.68. The van der Waals surface area contributed by atoms with Gasteiger partial charge in [0.05, 0.1) is 0 Å². The van der Waals surface area contributed by atoms with Crippen molar-refractivity contribution in [3.05, 3.63) is 72.5 Å². The SMILES string of the molecule is Nc1ccc(-c2ccc(NC3=CC=CCC3)cc2)cc1. The lowest BCUT2D eigenvalue weighted by molar-refractivity contribution is 0.967. The molecule has 0 fully saturated rings. The van der Waals surface area contributed by atoms with E-state index in [1.165, 1.54) is 16.8 Å². The summed E-state index contributed by atoms with van der Waals surface area (Å²) in [5.41, 5.74) is 11.3. The van der Waals surface area contributed by atoms with E-state index < -0.39 is 0 Å². The second-order valence-electron chi connectivity index (χ2n) is 4.98. The van der Waals surface area contributed by atoms with Gasteiger partial charge in [0.25, 0.3) is 0 Å². The van der Waals surface area contributed by atoms with E-state index in [1.807, 2.05) is 24.3 Å². The molecule has 0 aliphatic heterocycles. The molecule has 0 heterocycles. The molecule has 2 aromatic rings. The fourth-order valence-electron chi connectivity index (χ4n) is 2.31. The van der Waals surface area contributed by atoms with Crippen molar-refractivity contribution in [2.24, 2.45) is 0 Å². The Bertz CT molecular complexity index is 634. The first-order chi connectivity index (χ1) is 9.81. The summed E-state index contributed by atoms with van der Waals surface area (Å²) in [4.78, 5) is 0. The monoisotopic (exact) mass is 262 g/mol. The van der Waals surface area contributed by atoms with Crippen LogP contribution in [0.1, 0.15) is 12.8 Å². The molecule has 0 unspecified atom stereocenters. The first-order valence-corrected chi connectivity index (χ1v) is 6.90. The molecule has 1 aliphatic rings. The Morgan fingerprint density at radius 3 is 2.10 bits per heavy atom. The summed E-state index contributed by atoms with van der Waals surface area (Å²) in [5.74, 6) is 0. The van der Waals surface area contributed by atoms with Crippen LogP contribution in [0, 0.1) is 0 Å². The Morgan fingerprint density at radius 2 is 1.50 bits per heavy atom. The van der Waals surface area contributed by atoms with Crippen LogP contribution in [0.2, 0.25) is 0 Å². The van der Waals surface area contributed by atoms with Gasteiger partial charge < -0.3 is 11.1 Å². The summed E-state index contributed by atoms with van der Waals surface area (Å²) in [6.07, 6.45) is 8.62. The van der Waals surface area contributed by atoms with Gasteiger partial charge in [-0.2, -0.15) is 0 Å². The number of nitrogens with two attached hydrogens (primary N) is 1. The Kier molecular flexibility index (Phi) is 3.55. The minimum Gasteiger partial charge on any atom is -0.399 e.